The van der Waals surface area contributed by atoms with Gasteiger partial charge in [0.2, 0.25) is 0 Å². The lowest BCUT2D eigenvalue weighted by Crippen LogP contribution is -2.69. The Morgan fingerprint density at radius 1 is 0.941 bits per heavy atom. The standard InChI is InChI=1S/C32H55F3N4O12/c1-15-12-17(36)22(49-25-20(41)23(31(8,45)14-46-25)39(9)26(42)32(33,34)35)19(40)21(15)48-24-18(38-28(44)51-30(5,6)7)11-10-16(47-24)13-37-27(43)50-29(2,3)4/h15-25,40-41,45H,10-14,36H2,1-9H3,(H,37,43)(H,38,44)/t15-,16-,17+,18?,19?,20?,21?,22?,23+,24+,25+,31?/m0/s1. The Bertz CT molecular complexity index is 1210. The van der Waals surface area contributed by atoms with Crippen LogP contribution in [-0.4, -0.2) is 143 Å². The van der Waals surface area contributed by atoms with Crippen molar-refractivity contribution < 1.29 is 71.3 Å². The first-order valence-electron chi connectivity index (χ1n) is 16.9. The first-order chi connectivity index (χ1) is 23.2. The smallest absolute Gasteiger partial charge is 0.444 e. The van der Waals surface area contributed by atoms with Crippen LogP contribution in [-0.2, 0) is 33.2 Å². The Balaban J connectivity index is 1.80. The number of ether oxygens (including phenoxy) is 6. The molecular formula is C32H55F3N4O12. The van der Waals surface area contributed by atoms with Gasteiger partial charge in [0.1, 0.15) is 35.1 Å². The molecule has 1 aliphatic carbocycles. The fourth-order valence-electron chi connectivity index (χ4n) is 6.47. The van der Waals surface area contributed by atoms with E-state index < -0.39 is 115 Å². The number of halogens is 3. The van der Waals surface area contributed by atoms with Crippen molar-refractivity contribution in [2.45, 2.75) is 159 Å². The van der Waals surface area contributed by atoms with Gasteiger partial charge in [0.15, 0.2) is 12.6 Å². The molecule has 296 valence electrons. The summed E-state index contributed by atoms with van der Waals surface area (Å²) in [7, 11) is 0.787. The summed E-state index contributed by atoms with van der Waals surface area (Å²) in [6.07, 6.45) is -15.1. The van der Waals surface area contributed by atoms with E-state index in [0.29, 0.717) is 12.8 Å². The number of nitrogens with two attached hydrogens (primary N) is 1. The minimum Gasteiger partial charge on any atom is -0.444 e. The average molecular weight is 745 g/mol. The molecular weight excluding hydrogens is 689 g/mol. The summed E-state index contributed by atoms with van der Waals surface area (Å²) in [5.41, 5.74) is 2.72. The van der Waals surface area contributed by atoms with Crippen LogP contribution in [0.25, 0.3) is 0 Å². The lowest BCUT2D eigenvalue weighted by molar-refractivity contribution is -0.317. The number of rotatable bonds is 8. The predicted molar refractivity (Wildman–Crippen MR) is 172 cm³/mol. The van der Waals surface area contributed by atoms with E-state index in [1.165, 1.54) is 0 Å². The number of aliphatic hydroxyl groups excluding tert-OH is 2. The molecule has 3 amide bonds. The molecule has 19 heteroatoms. The summed E-state index contributed by atoms with van der Waals surface area (Å²) < 4.78 is 74.4. The molecule has 0 aromatic carbocycles. The van der Waals surface area contributed by atoms with Gasteiger partial charge in [-0.1, -0.05) is 6.92 Å². The molecule has 7 N–H and O–H groups in total. The molecule has 16 nitrogen and oxygen atoms in total. The molecule has 51 heavy (non-hydrogen) atoms. The van der Waals surface area contributed by atoms with Crippen molar-refractivity contribution in [3.8, 4) is 0 Å². The van der Waals surface area contributed by atoms with Gasteiger partial charge in [0.25, 0.3) is 0 Å². The molecule has 0 spiro atoms. The molecule has 0 aromatic heterocycles. The van der Waals surface area contributed by atoms with Crippen LogP contribution in [0.15, 0.2) is 0 Å². The Kier molecular flexibility index (Phi) is 13.7. The van der Waals surface area contributed by atoms with Crippen molar-refractivity contribution in [2.75, 3.05) is 20.2 Å². The fourth-order valence-corrected chi connectivity index (χ4v) is 6.47. The maximum absolute atomic E-state index is 13.3. The van der Waals surface area contributed by atoms with Crippen molar-refractivity contribution >= 4 is 18.1 Å². The number of alkyl carbamates (subject to hydrolysis) is 2. The highest BCUT2D eigenvalue weighted by atomic mass is 19.4. The third-order valence-corrected chi connectivity index (χ3v) is 8.67. The summed E-state index contributed by atoms with van der Waals surface area (Å²) in [6.45, 7) is 12.5. The van der Waals surface area contributed by atoms with E-state index in [0.717, 1.165) is 14.0 Å². The molecule has 0 aromatic rings. The number of amides is 3. The Morgan fingerprint density at radius 2 is 1.51 bits per heavy atom. The van der Waals surface area contributed by atoms with Crippen LogP contribution in [0, 0.1) is 5.92 Å². The van der Waals surface area contributed by atoms with E-state index in [-0.39, 0.29) is 17.9 Å². The van der Waals surface area contributed by atoms with E-state index in [2.05, 4.69) is 10.6 Å². The summed E-state index contributed by atoms with van der Waals surface area (Å²) >= 11 is 0. The van der Waals surface area contributed by atoms with Crippen molar-refractivity contribution in [3.63, 3.8) is 0 Å². The maximum atomic E-state index is 13.3. The molecule has 3 rings (SSSR count). The first-order valence-corrected chi connectivity index (χ1v) is 16.9. The van der Waals surface area contributed by atoms with E-state index in [1.807, 2.05) is 0 Å². The quantitative estimate of drug-likeness (QED) is 0.207. The van der Waals surface area contributed by atoms with Crippen LogP contribution >= 0.6 is 0 Å². The van der Waals surface area contributed by atoms with Crippen LogP contribution in [0.2, 0.25) is 0 Å². The zero-order valence-corrected chi connectivity index (χ0v) is 30.6. The van der Waals surface area contributed by atoms with Crippen molar-refractivity contribution in [2.24, 2.45) is 11.7 Å². The van der Waals surface area contributed by atoms with Gasteiger partial charge in [-0.15, -0.1) is 0 Å². The molecule has 3 fully saturated rings. The number of carbonyl (C=O) groups excluding carboxylic acids is 3. The molecule has 2 heterocycles. The molecule has 0 radical (unpaired) electrons. The number of likely N-dealkylation sites (N-methyl/N-ethyl adjacent to an activating group) is 1. The SMILES string of the molecule is C[C@H]1C[C@@H](N)C(O[C@H]2OCC(C)(O)[C@H](N(C)C(=O)C(F)(F)F)C2O)C(O)C1O[C@H]1O[C@H](CNC(=O)OC(C)(C)C)CCC1NC(=O)OC(C)(C)C. The van der Waals surface area contributed by atoms with Gasteiger partial charge in [-0.2, -0.15) is 13.2 Å². The molecule has 2 aliphatic heterocycles. The normalized spacial score (nSPS) is 36.5. The highest BCUT2D eigenvalue weighted by molar-refractivity contribution is 5.82. The molecule has 0 bridgehead atoms. The molecule has 6 unspecified atom stereocenters. The summed E-state index contributed by atoms with van der Waals surface area (Å²) in [5, 5.41) is 38.8. The van der Waals surface area contributed by atoms with E-state index in [1.54, 1.807) is 48.5 Å². The topological polar surface area (TPSA) is 221 Å². The summed E-state index contributed by atoms with van der Waals surface area (Å²) in [4.78, 5) is 37.2. The molecule has 2 saturated heterocycles. The van der Waals surface area contributed by atoms with Crippen molar-refractivity contribution in [3.05, 3.63) is 0 Å². The second-order valence-corrected chi connectivity index (χ2v) is 15.8. The third kappa shape index (κ3) is 11.7. The zero-order chi connectivity index (χ0) is 38.9. The lowest BCUT2D eigenvalue weighted by Gasteiger charge is -2.50. The monoisotopic (exact) mass is 744 g/mol. The highest BCUT2D eigenvalue weighted by Crippen LogP contribution is 2.36. The number of hydrogen-bond donors (Lipinski definition) is 6. The minimum absolute atomic E-state index is 0.0421. The van der Waals surface area contributed by atoms with Gasteiger partial charge in [-0.05, 0) is 73.6 Å². The van der Waals surface area contributed by atoms with Gasteiger partial charge in [-0.25, -0.2) is 9.59 Å². The third-order valence-electron chi connectivity index (χ3n) is 8.67. The molecule has 1 saturated carbocycles. The summed E-state index contributed by atoms with van der Waals surface area (Å²) in [5.74, 6) is -2.73. The van der Waals surface area contributed by atoms with Crippen LogP contribution < -0.4 is 16.4 Å². The van der Waals surface area contributed by atoms with Gasteiger partial charge >= 0.3 is 24.3 Å². The number of nitrogens with zero attached hydrogens (tertiary/aromatic N) is 1. The zero-order valence-electron chi connectivity index (χ0n) is 30.6. The highest BCUT2D eigenvalue weighted by Gasteiger charge is 2.55. The molecule has 3 aliphatic rings. The number of aliphatic hydroxyl groups is 3. The van der Waals surface area contributed by atoms with E-state index in [9.17, 15) is 42.9 Å². The van der Waals surface area contributed by atoms with Gasteiger partial charge in [-0.3, -0.25) is 4.79 Å². The van der Waals surface area contributed by atoms with Crippen LogP contribution in [0.1, 0.15) is 74.7 Å². The number of hydrogen-bond acceptors (Lipinski definition) is 13. The number of nitrogens with one attached hydrogen (secondary N) is 2. The van der Waals surface area contributed by atoms with Crippen LogP contribution in [0.3, 0.4) is 0 Å². The second kappa shape index (κ2) is 16.2. The largest absolute Gasteiger partial charge is 0.471 e. The lowest BCUT2D eigenvalue weighted by atomic mass is 9.80. The number of carbonyl (C=O) groups is 3. The van der Waals surface area contributed by atoms with Gasteiger partial charge in [0.05, 0.1) is 30.9 Å². The summed E-state index contributed by atoms with van der Waals surface area (Å²) in [6, 6.07) is -3.45. The first kappa shape index (κ1) is 42.9. The average Bonchev–Trinajstić information content (AvgIpc) is 2.95. The van der Waals surface area contributed by atoms with Crippen LogP contribution in [0.5, 0.6) is 0 Å². The Hall–Kier alpha value is -2.52. The Labute approximate surface area is 295 Å². The van der Waals surface area contributed by atoms with E-state index in [4.69, 9.17) is 34.2 Å². The maximum Gasteiger partial charge on any atom is 0.471 e. The number of alkyl halides is 3. The minimum atomic E-state index is -5.29. The van der Waals surface area contributed by atoms with E-state index >= 15 is 0 Å². The second-order valence-electron chi connectivity index (χ2n) is 15.8. The van der Waals surface area contributed by atoms with Gasteiger partial charge in [0, 0.05) is 19.6 Å². The molecule has 12 atom stereocenters. The Morgan fingerprint density at radius 3 is 2.08 bits per heavy atom. The van der Waals surface area contributed by atoms with Gasteiger partial charge < -0.3 is 65.0 Å². The fraction of sp³-hybridized carbons (Fsp3) is 0.906. The predicted octanol–water partition coefficient (Wildman–Crippen LogP) is 1.27. The van der Waals surface area contributed by atoms with Crippen LogP contribution in [0.4, 0.5) is 22.8 Å². The van der Waals surface area contributed by atoms with Crippen molar-refractivity contribution in [1.82, 2.24) is 15.5 Å². The van der Waals surface area contributed by atoms with Crippen molar-refractivity contribution in [1.29, 1.82) is 0 Å².